The Bertz CT molecular complexity index is 207. The van der Waals surface area contributed by atoms with Crippen LogP contribution in [0.2, 0.25) is 0 Å². The van der Waals surface area contributed by atoms with Crippen LogP contribution >= 0.6 is 0 Å². The lowest BCUT2D eigenvalue weighted by molar-refractivity contribution is -0.138. The lowest BCUT2D eigenvalue weighted by Crippen LogP contribution is -2.41. The summed E-state index contributed by atoms with van der Waals surface area (Å²) in [7, 11) is 0. The Morgan fingerprint density at radius 1 is 1.46 bits per heavy atom. The first-order chi connectivity index (χ1) is 5.72. The van der Waals surface area contributed by atoms with Crippen LogP contribution in [0.15, 0.2) is 0 Å². The van der Waals surface area contributed by atoms with Crippen molar-refractivity contribution in [3.05, 3.63) is 6.92 Å². The Morgan fingerprint density at radius 2 is 1.92 bits per heavy atom. The topological polar surface area (TPSA) is 75.6 Å². The van der Waals surface area contributed by atoms with Gasteiger partial charge in [0.15, 0.2) is 0 Å². The summed E-state index contributed by atoms with van der Waals surface area (Å²) >= 11 is 0. The predicted octanol–water partition coefficient (Wildman–Crippen LogP) is 0.798. The zero-order valence-electron chi connectivity index (χ0n) is 7.96. The standard InChI is InChI=1S/C8H14NO4/c1-5(6(10)11)9-7(12)13-8(2,3)4/h5H,1H2,2-4H3,(H,9,12)(H,10,11)/t5-/m0/s1. The van der Waals surface area contributed by atoms with E-state index >= 15 is 0 Å². The van der Waals surface area contributed by atoms with Crippen LogP contribution in [0.25, 0.3) is 0 Å². The van der Waals surface area contributed by atoms with Gasteiger partial charge in [0, 0.05) is 0 Å². The number of rotatable bonds is 2. The summed E-state index contributed by atoms with van der Waals surface area (Å²) in [6, 6.07) is -1.19. The van der Waals surface area contributed by atoms with Crippen LogP contribution in [0.4, 0.5) is 4.79 Å². The molecule has 0 aromatic rings. The van der Waals surface area contributed by atoms with Gasteiger partial charge in [0.05, 0.1) is 0 Å². The fourth-order valence-electron chi connectivity index (χ4n) is 0.512. The molecule has 0 fully saturated rings. The summed E-state index contributed by atoms with van der Waals surface area (Å²) in [5.74, 6) is -1.20. The summed E-state index contributed by atoms with van der Waals surface area (Å²) in [5.41, 5.74) is -0.637. The van der Waals surface area contributed by atoms with E-state index in [4.69, 9.17) is 9.84 Å². The maximum atomic E-state index is 10.9. The molecule has 0 bridgehead atoms. The summed E-state index contributed by atoms with van der Waals surface area (Å²) in [6.07, 6.45) is -0.783. The molecule has 5 heteroatoms. The number of aliphatic carboxylic acids is 1. The van der Waals surface area contributed by atoms with Crippen LogP contribution in [-0.4, -0.2) is 28.8 Å². The number of ether oxygens (including phenoxy) is 1. The van der Waals surface area contributed by atoms with Crippen molar-refractivity contribution in [2.75, 3.05) is 0 Å². The van der Waals surface area contributed by atoms with Crippen molar-refractivity contribution in [2.45, 2.75) is 32.4 Å². The number of nitrogens with one attached hydrogen (secondary N) is 1. The van der Waals surface area contributed by atoms with Crippen molar-refractivity contribution in [1.29, 1.82) is 0 Å². The Morgan fingerprint density at radius 3 is 2.23 bits per heavy atom. The molecule has 0 aromatic heterocycles. The highest BCUT2D eigenvalue weighted by Crippen LogP contribution is 2.06. The molecule has 0 unspecified atom stereocenters. The highest BCUT2D eigenvalue weighted by Gasteiger charge is 2.20. The maximum Gasteiger partial charge on any atom is 0.408 e. The molecular weight excluding hydrogens is 174 g/mol. The van der Waals surface area contributed by atoms with E-state index in [1.54, 1.807) is 20.8 Å². The molecule has 5 nitrogen and oxygen atoms in total. The number of hydrogen-bond donors (Lipinski definition) is 2. The van der Waals surface area contributed by atoms with Crippen molar-refractivity contribution in [3.8, 4) is 0 Å². The van der Waals surface area contributed by atoms with E-state index < -0.39 is 23.7 Å². The number of carbonyl (C=O) groups excluding carboxylic acids is 1. The van der Waals surface area contributed by atoms with Gasteiger partial charge in [0.1, 0.15) is 11.6 Å². The average Bonchev–Trinajstić information content (AvgIpc) is 1.81. The molecule has 1 amide bonds. The van der Waals surface area contributed by atoms with Gasteiger partial charge in [-0.15, -0.1) is 0 Å². The van der Waals surface area contributed by atoms with Crippen LogP contribution in [0, 0.1) is 6.92 Å². The number of hydrogen-bond acceptors (Lipinski definition) is 3. The first-order valence-electron chi connectivity index (χ1n) is 3.78. The summed E-state index contributed by atoms with van der Waals surface area (Å²) in [5, 5.41) is 10.5. The van der Waals surface area contributed by atoms with Crippen molar-refractivity contribution in [2.24, 2.45) is 0 Å². The van der Waals surface area contributed by atoms with E-state index in [0.717, 1.165) is 0 Å². The number of carboxylic acid groups (broad SMARTS) is 1. The molecule has 0 saturated heterocycles. The second-order valence-corrected chi connectivity index (χ2v) is 3.54. The maximum absolute atomic E-state index is 10.9. The predicted molar refractivity (Wildman–Crippen MR) is 46.2 cm³/mol. The molecule has 1 radical (unpaired) electrons. The fourth-order valence-corrected chi connectivity index (χ4v) is 0.512. The third-order valence-electron chi connectivity index (χ3n) is 0.989. The van der Waals surface area contributed by atoms with Crippen molar-refractivity contribution < 1.29 is 19.4 Å². The molecule has 75 valence electrons. The summed E-state index contributed by atoms with van der Waals surface area (Å²) < 4.78 is 4.81. The summed E-state index contributed by atoms with van der Waals surface area (Å²) in [6.45, 7) is 8.25. The lowest BCUT2D eigenvalue weighted by Gasteiger charge is -2.20. The molecule has 0 saturated carbocycles. The number of amides is 1. The smallest absolute Gasteiger partial charge is 0.408 e. The van der Waals surface area contributed by atoms with Gasteiger partial charge < -0.3 is 15.2 Å². The molecule has 0 heterocycles. The number of carboxylic acids is 1. The van der Waals surface area contributed by atoms with Gasteiger partial charge in [0.25, 0.3) is 0 Å². The Kier molecular flexibility index (Phi) is 3.71. The van der Waals surface area contributed by atoms with Gasteiger partial charge in [-0.3, -0.25) is 0 Å². The number of carbonyl (C=O) groups is 2. The minimum absolute atomic E-state index is 0.637. The van der Waals surface area contributed by atoms with Crippen LogP contribution in [0.1, 0.15) is 20.8 Å². The molecule has 13 heavy (non-hydrogen) atoms. The van der Waals surface area contributed by atoms with E-state index in [2.05, 4.69) is 12.2 Å². The third kappa shape index (κ3) is 5.95. The van der Waals surface area contributed by atoms with E-state index in [-0.39, 0.29) is 0 Å². The SMILES string of the molecule is [CH2][C@H](NC(=O)OC(C)(C)C)C(=O)O. The van der Waals surface area contributed by atoms with Gasteiger partial charge in [0.2, 0.25) is 0 Å². The Balaban J connectivity index is 3.96. The van der Waals surface area contributed by atoms with E-state index in [9.17, 15) is 9.59 Å². The molecule has 0 aliphatic heterocycles. The highest BCUT2D eigenvalue weighted by atomic mass is 16.6. The van der Waals surface area contributed by atoms with Gasteiger partial charge in [-0.25, -0.2) is 9.59 Å². The van der Waals surface area contributed by atoms with Crippen LogP contribution in [0.3, 0.4) is 0 Å². The Hall–Kier alpha value is -1.26. The normalized spacial score (nSPS) is 13.2. The fraction of sp³-hybridized carbons (Fsp3) is 0.625. The van der Waals surface area contributed by atoms with Crippen LogP contribution in [0.5, 0.6) is 0 Å². The third-order valence-corrected chi connectivity index (χ3v) is 0.989. The molecule has 0 aromatic carbocycles. The van der Waals surface area contributed by atoms with E-state index in [1.807, 2.05) is 0 Å². The van der Waals surface area contributed by atoms with Gasteiger partial charge in [-0.1, -0.05) is 0 Å². The van der Waals surface area contributed by atoms with Gasteiger partial charge in [-0.05, 0) is 27.7 Å². The van der Waals surface area contributed by atoms with Crippen LogP contribution < -0.4 is 5.32 Å². The van der Waals surface area contributed by atoms with Crippen molar-refractivity contribution in [1.82, 2.24) is 5.32 Å². The minimum atomic E-state index is -1.20. The second kappa shape index (κ2) is 4.11. The first kappa shape index (κ1) is 11.7. The monoisotopic (exact) mass is 188 g/mol. The Labute approximate surface area is 77.1 Å². The zero-order chi connectivity index (χ0) is 10.6. The number of alkyl carbamates (subject to hydrolysis) is 1. The van der Waals surface area contributed by atoms with E-state index in [1.165, 1.54) is 0 Å². The minimum Gasteiger partial charge on any atom is -0.480 e. The quantitative estimate of drug-likeness (QED) is 0.672. The average molecular weight is 188 g/mol. The second-order valence-electron chi connectivity index (χ2n) is 3.54. The molecule has 0 aliphatic rings. The van der Waals surface area contributed by atoms with Gasteiger partial charge >= 0.3 is 12.1 Å². The summed E-state index contributed by atoms with van der Waals surface area (Å²) in [4.78, 5) is 21.2. The molecule has 0 rings (SSSR count). The molecule has 0 spiro atoms. The molecule has 2 N–H and O–H groups in total. The molecule has 0 aliphatic carbocycles. The highest BCUT2D eigenvalue weighted by molar-refractivity contribution is 5.80. The van der Waals surface area contributed by atoms with Crippen molar-refractivity contribution in [3.63, 3.8) is 0 Å². The molecule has 1 atom stereocenters. The largest absolute Gasteiger partial charge is 0.480 e. The van der Waals surface area contributed by atoms with Crippen LogP contribution in [-0.2, 0) is 9.53 Å². The molecular formula is C8H14NO4. The zero-order valence-corrected chi connectivity index (χ0v) is 7.96. The first-order valence-corrected chi connectivity index (χ1v) is 3.78. The lowest BCUT2D eigenvalue weighted by atomic mass is 10.2. The van der Waals surface area contributed by atoms with Gasteiger partial charge in [-0.2, -0.15) is 0 Å². The van der Waals surface area contributed by atoms with Crippen molar-refractivity contribution >= 4 is 12.1 Å². The van der Waals surface area contributed by atoms with E-state index in [0.29, 0.717) is 0 Å².